The highest BCUT2D eigenvalue weighted by molar-refractivity contribution is 4.59. The van der Waals surface area contributed by atoms with Crippen molar-refractivity contribution < 1.29 is 9.84 Å². The van der Waals surface area contributed by atoms with E-state index in [1.807, 2.05) is 20.8 Å². The molecule has 0 saturated heterocycles. The Morgan fingerprint density at radius 3 is 2.20 bits per heavy atom. The Labute approximate surface area is 63.2 Å². The molecule has 62 valence electrons. The van der Waals surface area contributed by atoms with Crippen LogP contribution in [-0.2, 0) is 4.74 Å². The summed E-state index contributed by atoms with van der Waals surface area (Å²) in [6.45, 7) is 8.44. The summed E-state index contributed by atoms with van der Waals surface area (Å²) >= 11 is 0. The second-order valence-corrected chi connectivity index (χ2v) is 3.60. The zero-order chi connectivity index (χ0) is 8.20. The first-order chi connectivity index (χ1) is 4.42. The normalized spacial score (nSPS) is 15.3. The van der Waals surface area contributed by atoms with Crippen molar-refractivity contribution in [3.8, 4) is 0 Å². The maximum absolute atomic E-state index is 8.87. The summed E-state index contributed by atoms with van der Waals surface area (Å²) in [6, 6.07) is 0. The molecule has 10 heavy (non-hydrogen) atoms. The number of aliphatic hydroxyl groups is 1. The van der Waals surface area contributed by atoms with E-state index in [0.717, 1.165) is 6.42 Å². The highest BCUT2D eigenvalue weighted by Crippen LogP contribution is 2.07. The molecule has 0 rings (SSSR count). The minimum Gasteiger partial charge on any atom is -0.393 e. The number of aliphatic hydroxyl groups excluding tert-OH is 1. The minimum absolute atomic E-state index is 0.0745. The van der Waals surface area contributed by atoms with E-state index in [1.54, 1.807) is 6.92 Å². The lowest BCUT2D eigenvalue weighted by Gasteiger charge is -2.19. The third kappa shape index (κ3) is 7.92. The van der Waals surface area contributed by atoms with Gasteiger partial charge in [0, 0.05) is 6.61 Å². The molecule has 2 nitrogen and oxygen atoms in total. The molecule has 0 heterocycles. The third-order valence-electron chi connectivity index (χ3n) is 1.07. The lowest BCUT2D eigenvalue weighted by Crippen LogP contribution is -2.21. The van der Waals surface area contributed by atoms with Gasteiger partial charge in [-0.3, -0.25) is 0 Å². The number of hydrogen-bond acceptors (Lipinski definition) is 2. The van der Waals surface area contributed by atoms with Gasteiger partial charge in [-0.2, -0.15) is 0 Å². The highest BCUT2D eigenvalue weighted by Gasteiger charge is 2.09. The van der Waals surface area contributed by atoms with Crippen LogP contribution in [-0.4, -0.2) is 23.4 Å². The van der Waals surface area contributed by atoms with Crippen LogP contribution in [0.25, 0.3) is 0 Å². The minimum atomic E-state index is -0.248. The maximum Gasteiger partial charge on any atom is 0.0598 e. The van der Waals surface area contributed by atoms with Gasteiger partial charge in [-0.25, -0.2) is 0 Å². The largest absolute Gasteiger partial charge is 0.393 e. The first-order valence-electron chi connectivity index (χ1n) is 3.74. The second kappa shape index (κ2) is 3.94. The molecule has 0 aromatic carbocycles. The quantitative estimate of drug-likeness (QED) is 0.655. The molecular weight excluding hydrogens is 128 g/mol. The van der Waals surface area contributed by atoms with Crippen molar-refractivity contribution in [3.63, 3.8) is 0 Å². The molecule has 2 heteroatoms. The van der Waals surface area contributed by atoms with E-state index in [4.69, 9.17) is 9.84 Å². The summed E-state index contributed by atoms with van der Waals surface area (Å²) in [7, 11) is 0. The average Bonchev–Trinajstić information content (AvgIpc) is 1.59. The number of hydrogen-bond donors (Lipinski definition) is 1. The number of ether oxygens (including phenoxy) is 1. The summed E-state index contributed by atoms with van der Waals surface area (Å²) in [5, 5.41) is 8.87. The van der Waals surface area contributed by atoms with E-state index >= 15 is 0 Å². The molecule has 0 radical (unpaired) electrons. The van der Waals surface area contributed by atoms with Crippen molar-refractivity contribution in [1.29, 1.82) is 0 Å². The van der Waals surface area contributed by atoms with Crippen LogP contribution in [0, 0.1) is 0 Å². The van der Waals surface area contributed by atoms with E-state index in [1.165, 1.54) is 0 Å². The second-order valence-electron chi connectivity index (χ2n) is 3.60. The van der Waals surface area contributed by atoms with Crippen molar-refractivity contribution in [3.05, 3.63) is 0 Å². The van der Waals surface area contributed by atoms with Gasteiger partial charge in [-0.05, 0) is 34.1 Å². The Morgan fingerprint density at radius 1 is 1.40 bits per heavy atom. The van der Waals surface area contributed by atoms with Crippen LogP contribution >= 0.6 is 0 Å². The lowest BCUT2D eigenvalue weighted by molar-refractivity contribution is -0.0163. The molecule has 0 bridgehead atoms. The van der Waals surface area contributed by atoms with Gasteiger partial charge >= 0.3 is 0 Å². The van der Waals surface area contributed by atoms with Crippen LogP contribution in [0.2, 0.25) is 0 Å². The predicted molar refractivity (Wildman–Crippen MR) is 42.0 cm³/mol. The van der Waals surface area contributed by atoms with Gasteiger partial charge in [0.05, 0.1) is 11.7 Å². The van der Waals surface area contributed by atoms with E-state index in [-0.39, 0.29) is 11.7 Å². The molecule has 0 aliphatic rings. The predicted octanol–water partition coefficient (Wildman–Crippen LogP) is 1.57. The fraction of sp³-hybridized carbons (Fsp3) is 1.00. The first kappa shape index (κ1) is 9.92. The number of rotatable bonds is 3. The topological polar surface area (TPSA) is 29.5 Å². The van der Waals surface area contributed by atoms with Crippen molar-refractivity contribution in [2.75, 3.05) is 6.61 Å². The van der Waals surface area contributed by atoms with Gasteiger partial charge in [0.15, 0.2) is 0 Å². The zero-order valence-corrected chi connectivity index (χ0v) is 7.35. The van der Waals surface area contributed by atoms with Crippen LogP contribution < -0.4 is 0 Å². The van der Waals surface area contributed by atoms with Gasteiger partial charge in [0.1, 0.15) is 0 Å². The Kier molecular flexibility index (Phi) is 3.91. The van der Waals surface area contributed by atoms with E-state index in [0.29, 0.717) is 6.61 Å². The Balaban J connectivity index is 3.21. The van der Waals surface area contributed by atoms with Gasteiger partial charge in [-0.15, -0.1) is 0 Å². The van der Waals surface area contributed by atoms with Crippen molar-refractivity contribution in [2.24, 2.45) is 0 Å². The van der Waals surface area contributed by atoms with Crippen LogP contribution in [0.4, 0.5) is 0 Å². The van der Waals surface area contributed by atoms with Gasteiger partial charge in [0.25, 0.3) is 0 Å². The fourth-order valence-electron chi connectivity index (χ4n) is 0.536. The molecule has 0 aromatic rings. The molecule has 1 N–H and O–H groups in total. The van der Waals surface area contributed by atoms with E-state index in [9.17, 15) is 0 Å². The van der Waals surface area contributed by atoms with Gasteiger partial charge < -0.3 is 9.84 Å². The molecule has 1 atom stereocenters. The molecule has 0 aromatic heterocycles. The van der Waals surface area contributed by atoms with Gasteiger partial charge in [0.2, 0.25) is 0 Å². The SMILES string of the molecule is C[C@H](O)CCOC(C)(C)C. The third-order valence-corrected chi connectivity index (χ3v) is 1.07. The van der Waals surface area contributed by atoms with Gasteiger partial charge in [-0.1, -0.05) is 0 Å². The first-order valence-corrected chi connectivity index (χ1v) is 3.74. The van der Waals surface area contributed by atoms with Crippen molar-refractivity contribution in [2.45, 2.75) is 45.8 Å². The molecule has 0 saturated carbocycles. The van der Waals surface area contributed by atoms with Crippen molar-refractivity contribution >= 4 is 0 Å². The molecule has 0 spiro atoms. The zero-order valence-electron chi connectivity index (χ0n) is 7.35. The fourth-order valence-corrected chi connectivity index (χ4v) is 0.536. The molecule has 0 amide bonds. The summed E-state index contributed by atoms with van der Waals surface area (Å²) in [4.78, 5) is 0. The van der Waals surface area contributed by atoms with Crippen LogP contribution in [0.3, 0.4) is 0 Å². The summed E-state index contributed by atoms with van der Waals surface area (Å²) in [5.74, 6) is 0. The lowest BCUT2D eigenvalue weighted by atomic mass is 10.2. The maximum atomic E-state index is 8.87. The van der Waals surface area contributed by atoms with Crippen molar-refractivity contribution in [1.82, 2.24) is 0 Å². The molecule has 0 aliphatic carbocycles. The van der Waals surface area contributed by atoms with Crippen LogP contribution in [0.5, 0.6) is 0 Å². The monoisotopic (exact) mass is 146 g/mol. The van der Waals surface area contributed by atoms with E-state index < -0.39 is 0 Å². The highest BCUT2D eigenvalue weighted by atomic mass is 16.5. The Morgan fingerprint density at radius 2 is 1.90 bits per heavy atom. The van der Waals surface area contributed by atoms with Crippen LogP contribution in [0.1, 0.15) is 34.1 Å². The summed E-state index contributed by atoms with van der Waals surface area (Å²) in [6.07, 6.45) is 0.472. The Bertz CT molecular complexity index is 81.7. The summed E-state index contributed by atoms with van der Waals surface area (Å²) < 4.78 is 5.38. The van der Waals surface area contributed by atoms with Crippen LogP contribution in [0.15, 0.2) is 0 Å². The standard InChI is InChI=1S/C8H18O2/c1-7(9)5-6-10-8(2,3)4/h7,9H,5-6H2,1-4H3/t7-/m0/s1. The molecule has 0 aliphatic heterocycles. The average molecular weight is 146 g/mol. The van der Waals surface area contributed by atoms with E-state index in [2.05, 4.69) is 0 Å². The Hall–Kier alpha value is -0.0800. The molecule has 0 unspecified atom stereocenters. The summed E-state index contributed by atoms with van der Waals surface area (Å²) in [5.41, 5.74) is -0.0745. The molecular formula is C8H18O2. The smallest absolute Gasteiger partial charge is 0.0598 e. The molecule has 0 fully saturated rings.